The van der Waals surface area contributed by atoms with Crippen LogP contribution in [0.1, 0.15) is 16.7 Å². The summed E-state index contributed by atoms with van der Waals surface area (Å²) in [5.74, 6) is 0. The molecule has 0 aliphatic rings. The summed E-state index contributed by atoms with van der Waals surface area (Å²) in [6, 6.07) is 13.3. The van der Waals surface area contributed by atoms with Gasteiger partial charge in [0, 0.05) is 17.7 Å². The molecule has 0 aliphatic carbocycles. The molecule has 4 heterocycles. The van der Waals surface area contributed by atoms with Gasteiger partial charge in [0.1, 0.15) is 0 Å². The van der Waals surface area contributed by atoms with Gasteiger partial charge in [0.25, 0.3) is 5.56 Å². The van der Waals surface area contributed by atoms with Crippen LogP contribution in [0.5, 0.6) is 0 Å². The first kappa shape index (κ1) is 18.0. The molecule has 8 heteroatoms. The largest absolute Gasteiger partial charge is 0.472 e. The van der Waals surface area contributed by atoms with Crippen LogP contribution >= 0.6 is 0 Å². The Morgan fingerprint density at radius 1 is 0.767 bits per heavy atom. The zero-order chi connectivity index (χ0) is 20.5. The summed E-state index contributed by atoms with van der Waals surface area (Å²) in [4.78, 5) is 31.0. The lowest BCUT2D eigenvalue weighted by atomic mass is 10.2. The SMILES string of the molecule is O=c1c2c(ncn2Cc2ccccc2)n(Cc2ccoc2)c(=O)n1Cc1ccoc1. The second kappa shape index (κ2) is 7.40. The molecule has 30 heavy (non-hydrogen) atoms. The number of hydrogen-bond donors (Lipinski definition) is 0. The number of benzene rings is 1. The molecule has 150 valence electrons. The summed E-state index contributed by atoms with van der Waals surface area (Å²) >= 11 is 0. The Kier molecular flexibility index (Phi) is 4.44. The number of rotatable bonds is 6. The third-order valence-corrected chi connectivity index (χ3v) is 5.02. The van der Waals surface area contributed by atoms with Crippen molar-refractivity contribution in [3.05, 3.63) is 111 Å². The number of nitrogens with zero attached hydrogens (tertiary/aromatic N) is 4. The minimum absolute atomic E-state index is 0.117. The molecule has 5 aromatic rings. The Morgan fingerprint density at radius 2 is 1.43 bits per heavy atom. The number of furan rings is 2. The molecule has 0 fully saturated rings. The molecule has 0 aliphatic heterocycles. The van der Waals surface area contributed by atoms with E-state index in [9.17, 15) is 9.59 Å². The first-order valence-electron chi connectivity index (χ1n) is 9.45. The maximum atomic E-state index is 13.3. The quantitative estimate of drug-likeness (QED) is 0.436. The van der Waals surface area contributed by atoms with Crippen LogP contribution in [0.25, 0.3) is 11.2 Å². The van der Waals surface area contributed by atoms with Gasteiger partial charge in [-0.1, -0.05) is 30.3 Å². The summed E-state index contributed by atoms with van der Waals surface area (Å²) in [6.45, 7) is 0.841. The van der Waals surface area contributed by atoms with E-state index in [1.54, 1.807) is 35.6 Å². The summed E-state index contributed by atoms with van der Waals surface area (Å²) in [6.07, 6.45) is 7.77. The Bertz CT molecular complexity index is 1390. The molecule has 0 radical (unpaired) electrons. The second-order valence-electron chi connectivity index (χ2n) is 7.05. The van der Waals surface area contributed by atoms with E-state index in [0.717, 1.165) is 16.7 Å². The van der Waals surface area contributed by atoms with Crippen LogP contribution in [0.2, 0.25) is 0 Å². The summed E-state index contributed by atoms with van der Waals surface area (Å²) in [7, 11) is 0. The number of aromatic nitrogens is 4. The Labute approximate surface area is 170 Å². The molecule has 0 bridgehead atoms. The first-order valence-corrected chi connectivity index (χ1v) is 9.45. The highest BCUT2D eigenvalue weighted by Crippen LogP contribution is 2.13. The van der Waals surface area contributed by atoms with Crippen molar-refractivity contribution in [2.24, 2.45) is 0 Å². The lowest BCUT2D eigenvalue weighted by Crippen LogP contribution is -2.41. The molecule has 0 N–H and O–H groups in total. The van der Waals surface area contributed by atoms with Gasteiger partial charge in [0.15, 0.2) is 11.2 Å². The van der Waals surface area contributed by atoms with E-state index >= 15 is 0 Å². The molecule has 0 spiro atoms. The Balaban J connectivity index is 1.70. The molecule has 0 saturated carbocycles. The predicted molar refractivity (Wildman–Crippen MR) is 109 cm³/mol. The van der Waals surface area contributed by atoms with Crippen molar-refractivity contribution in [2.75, 3.05) is 0 Å². The van der Waals surface area contributed by atoms with Gasteiger partial charge in [0.05, 0.1) is 44.5 Å². The van der Waals surface area contributed by atoms with Gasteiger partial charge < -0.3 is 13.4 Å². The maximum absolute atomic E-state index is 13.3. The van der Waals surface area contributed by atoms with E-state index in [1.165, 1.54) is 21.7 Å². The molecular weight excluding hydrogens is 384 g/mol. The molecule has 0 saturated heterocycles. The van der Waals surface area contributed by atoms with Gasteiger partial charge in [-0.25, -0.2) is 9.78 Å². The van der Waals surface area contributed by atoms with Crippen molar-refractivity contribution >= 4 is 11.2 Å². The van der Waals surface area contributed by atoms with Crippen LogP contribution in [0.15, 0.2) is 92.3 Å². The van der Waals surface area contributed by atoms with E-state index in [-0.39, 0.29) is 18.6 Å². The van der Waals surface area contributed by atoms with Gasteiger partial charge in [-0.3, -0.25) is 13.9 Å². The standard InChI is InChI=1S/C22H18N4O4/c27-21-19-20(23-15-24(19)10-16-4-2-1-3-5-16)25(11-17-6-8-29-13-17)22(28)26(21)12-18-7-9-30-14-18/h1-9,13-15H,10-12H2. The van der Waals surface area contributed by atoms with Gasteiger partial charge in [-0.2, -0.15) is 0 Å². The normalized spacial score (nSPS) is 11.3. The van der Waals surface area contributed by atoms with E-state index < -0.39 is 5.69 Å². The third kappa shape index (κ3) is 3.18. The van der Waals surface area contributed by atoms with Crippen LogP contribution in [0, 0.1) is 0 Å². The van der Waals surface area contributed by atoms with Crippen LogP contribution in [-0.2, 0) is 19.6 Å². The fourth-order valence-corrected chi connectivity index (χ4v) is 3.55. The number of fused-ring (bicyclic) bond motifs is 1. The highest BCUT2D eigenvalue weighted by molar-refractivity contribution is 5.70. The zero-order valence-electron chi connectivity index (χ0n) is 16.0. The molecule has 4 aromatic heterocycles. The number of imidazole rings is 1. The average molecular weight is 402 g/mol. The molecule has 0 atom stereocenters. The highest BCUT2D eigenvalue weighted by atomic mass is 16.3. The second-order valence-corrected chi connectivity index (χ2v) is 7.05. The average Bonchev–Trinajstić information content (AvgIpc) is 3.52. The molecular formula is C22H18N4O4. The van der Waals surface area contributed by atoms with Gasteiger partial charge in [-0.15, -0.1) is 0 Å². The summed E-state index contributed by atoms with van der Waals surface area (Å²) in [5.41, 5.74) is 2.50. The van der Waals surface area contributed by atoms with Gasteiger partial charge >= 0.3 is 5.69 Å². The van der Waals surface area contributed by atoms with Crippen LogP contribution in [-0.4, -0.2) is 18.7 Å². The zero-order valence-corrected chi connectivity index (χ0v) is 16.0. The summed E-state index contributed by atoms with van der Waals surface area (Å²) < 4.78 is 14.7. The molecule has 8 nitrogen and oxygen atoms in total. The minimum Gasteiger partial charge on any atom is -0.472 e. The van der Waals surface area contributed by atoms with E-state index in [4.69, 9.17) is 8.83 Å². The first-order chi connectivity index (χ1) is 14.7. The Morgan fingerprint density at radius 3 is 2.07 bits per heavy atom. The molecule has 0 amide bonds. The monoisotopic (exact) mass is 402 g/mol. The smallest absolute Gasteiger partial charge is 0.333 e. The lowest BCUT2D eigenvalue weighted by molar-refractivity contribution is 0.555. The number of hydrogen-bond acceptors (Lipinski definition) is 5. The van der Waals surface area contributed by atoms with Gasteiger partial charge in [0.2, 0.25) is 0 Å². The van der Waals surface area contributed by atoms with Crippen molar-refractivity contribution in [3.8, 4) is 0 Å². The van der Waals surface area contributed by atoms with E-state index in [0.29, 0.717) is 17.7 Å². The highest BCUT2D eigenvalue weighted by Gasteiger charge is 2.19. The van der Waals surface area contributed by atoms with Crippen LogP contribution < -0.4 is 11.2 Å². The topological polar surface area (TPSA) is 88.1 Å². The molecule has 5 rings (SSSR count). The minimum atomic E-state index is -0.431. The maximum Gasteiger partial charge on any atom is 0.333 e. The summed E-state index contributed by atoms with van der Waals surface area (Å²) in [5, 5.41) is 0. The van der Waals surface area contributed by atoms with Crippen molar-refractivity contribution < 1.29 is 8.83 Å². The molecule has 1 aromatic carbocycles. The van der Waals surface area contributed by atoms with Crippen LogP contribution in [0.3, 0.4) is 0 Å². The van der Waals surface area contributed by atoms with Gasteiger partial charge in [-0.05, 0) is 17.7 Å². The molecule has 0 unspecified atom stereocenters. The van der Waals surface area contributed by atoms with E-state index in [2.05, 4.69) is 4.98 Å². The van der Waals surface area contributed by atoms with Crippen LogP contribution in [0.4, 0.5) is 0 Å². The predicted octanol–water partition coefficient (Wildman–Crippen LogP) is 2.69. The third-order valence-electron chi connectivity index (χ3n) is 5.02. The van der Waals surface area contributed by atoms with Crippen molar-refractivity contribution in [1.82, 2.24) is 18.7 Å². The lowest BCUT2D eigenvalue weighted by Gasteiger charge is -2.12. The fraction of sp³-hybridized carbons (Fsp3) is 0.136. The Hall–Kier alpha value is -4.07. The fourth-order valence-electron chi connectivity index (χ4n) is 3.55. The van der Waals surface area contributed by atoms with Crippen molar-refractivity contribution in [1.29, 1.82) is 0 Å². The van der Waals surface area contributed by atoms with Crippen molar-refractivity contribution in [3.63, 3.8) is 0 Å². The van der Waals surface area contributed by atoms with E-state index in [1.807, 2.05) is 30.3 Å². The van der Waals surface area contributed by atoms with Crippen molar-refractivity contribution in [2.45, 2.75) is 19.6 Å².